The van der Waals surface area contributed by atoms with Gasteiger partial charge in [0, 0.05) is 74.4 Å². The Hall–Kier alpha value is -3.25. The van der Waals surface area contributed by atoms with Crippen LogP contribution in [0.3, 0.4) is 0 Å². The third-order valence-electron chi connectivity index (χ3n) is 7.85. The Morgan fingerprint density at radius 3 is 2.74 bits per heavy atom. The molecule has 3 fully saturated rings. The quantitative estimate of drug-likeness (QED) is 0.329. The molecule has 39 heavy (non-hydrogen) atoms. The molecule has 0 spiro atoms. The Kier molecular flexibility index (Phi) is 6.19. The van der Waals surface area contributed by atoms with Gasteiger partial charge in [0.2, 0.25) is 5.95 Å². The van der Waals surface area contributed by atoms with E-state index in [1.54, 1.807) is 31.4 Å². The van der Waals surface area contributed by atoms with E-state index in [0.717, 1.165) is 83.8 Å². The SMILES string of the molecule is CC(C)(O)c1cc(-c2nc3cc(Nc4cc(C5CCOCC5)nc(N5C[C@@H]6C[C@H]5CN6)n4)ncc3s2)ccn1. The van der Waals surface area contributed by atoms with Gasteiger partial charge in [-0.2, -0.15) is 4.98 Å². The highest BCUT2D eigenvalue weighted by molar-refractivity contribution is 7.21. The van der Waals surface area contributed by atoms with Gasteiger partial charge >= 0.3 is 0 Å². The van der Waals surface area contributed by atoms with Crippen LogP contribution >= 0.6 is 11.3 Å². The first-order chi connectivity index (χ1) is 18.9. The number of hydrogen-bond donors (Lipinski definition) is 3. The number of thiazole rings is 1. The minimum absolute atomic E-state index is 0.365. The number of aromatic nitrogens is 5. The molecule has 3 aliphatic heterocycles. The second-order valence-electron chi connectivity index (χ2n) is 11.2. The molecule has 4 aromatic rings. The maximum absolute atomic E-state index is 10.4. The topological polar surface area (TPSA) is 121 Å². The monoisotopic (exact) mass is 544 g/mol. The molecule has 3 saturated heterocycles. The van der Waals surface area contributed by atoms with Gasteiger partial charge in [0.1, 0.15) is 22.2 Å². The summed E-state index contributed by atoms with van der Waals surface area (Å²) in [6, 6.07) is 8.81. The van der Waals surface area contributed by atoms with E-state index in [0.29, 0.717) is 29.5 Å². The van der Waals surface area contributed by atoms with Crippen LogP contribution in [0.5, 0.6) is 0 Å². The number of nitrogens with one attached hydrogen (secondary N) is 2. The van der Waals surface area contributed by atoms with Gasteiger partial charge in [-0.05, 0) is 45.2 Å². The van der Waals surface area contributed by atoms with Crippen LogP contribution in [0.15, 0.2) is 36.7 Å². The summed E-state index contributed by atoms with van der Waals surface area (Å²) in [4.78, 5) is 26.2. The summed E-state index contributed by atoms with van der Waals surface area (Å²) in [6.45, 7) is 6.93. The highest BCUT2D eigenvalue weighted by Crippen LogP contribution is 2.35. The first-order valence-corrected chi connectivity index (χ1v) is 14.4. The molecule has 7 rings (SSSR count). The average molecular weight is 545 g/mol. The Balaban J connectivity index is 1.19. The Labute approximate surface area is 230 Å². The largest absolute Gasteiger partial charge is 0.384 e. The van der Waals surface area contributed by atoms with E-state index < -0.39 is 5.60 Å². The van der Waals surface area contributed by atoms with Crippen LogP contribution in [-0.2, 0) is 10.3 Å². The Morgan fingerprint density at radius 1 is 1.10 bits per heavy atom. The summed E-state index contributed by atoms with van der Waals surface area (Å²) < 4.78 is 6.60. The van der Waals surface area contributed by atoms with Crippen molar-refractivity contribution < 1.29 is 9.84 Å². The van der Waals surface area contributed by atoms with E-state index in [1.807, 2.05) is 24.4 Å². The molecule has 0 aliphatic carbocycles. The van der Waals surface area contributed by atoms with Gasteiger partial charge < -0.3 is 25.4 Å². The number of ether oxygens (including phenoxy) is 1. The van der Waals surface area contributed by atoms with Crippen LogP contribution in [0, 0.1) is 0 Å². The minimum atomic E-state index is -1.02. The standard InChI is InChI=1S/C28H32N8O2S/c1-28(2,37)23-9-17(3-6-29-23)26-32-21-12-24(31-14-22(21)39-26)34-25-11-20(16-4-7-38-8-5-16)33-27(35-25)36-15-18-10-19(36)13-30-18/h3,6,9,11-12,14,16,18-19,30,37H,4-5,7-8,10,13,15H2,1-2H3,(H,31,33,34,35)/t18-,19-/m0/s1. The first kappa shape index (κ1) is 24.8. The molecule has 0 aromatic carbocycles. The van der Waals surface area contributed by atoms with Crippen molar-refractivity contribution in [2.24, 2.45) is 0 Å². The van der Waals surface area contributed by atoms with Gasteiger partial charge in [-0.25, -0.2) is 15.0 Å². The summed E-state index contributed by atoms with van der Waals surface area (Å²) in [5, 5.41) is 18.3. The van der Waals surface area contributed by atoms with Gasteiger partial charge in [0.05, 0.1) is 21.6 Å². The fourth-order valence-corrected chi connectivity index (χ4v) is 6.62. The average Bonchev–Trinajstić information content (AvgIpc) is 3.69. The summed E-state index contributed by atoms with van der Waals surface area (Å²) in [5.41, 5.74) is 2.45. The zero-order valence-electron chi connectivity index (χ0n) is 22.1. The summed E-state index contributed by atoms with van der Waals surface area (Å²) >= 11 is 1.57. The molecule has 3 aliphatic rings. The predicted molar refractivity (Wildman–Crippen MR) is 152 cm³/mol. The van der Waals surface area contributed by atoms with Gasteiger partial charge in [0.25, 0.3) is 0 Å². The molecule has 7 heterocycles. The fraction of sp³-hybridized carbons (Fsp3) is 0.464. The third-order valence-corrected chi connectivity index (χ3v) is 8.91. The number of rotatable bonds is 6. The van der Waals surface area contributed by atoms with Crippen LogP contribution in [0.25, 0.3) is 20.8 Å². The molecule has 0 unspecified atom stereocenters. The highest BCUT2D eigenvalue weighted by atomic mass is 32.1. The lowest BCUT2D eigenvalue weighted by molar-refractivity contribution is 0.0739. The van der Waals surface area contributed by atoms with Crippen LogP contribution in [-0.4, -0.2) is 68.4 Å². The lowest BCUT2D eigenvalue weighted by Crippen LogP contribution is -2.44. The molecule has 0 saturated carbocycles. The lowest BCUT2D eigenvalue weighted by Gasteiger charge is -2.29. The predicted octanol–water partition coefficient (Wildman–Crippen LogP) is 3.96. The highest BCUT2D eigenvalue weighted by Gasteiger charge is 2.39. The molecule has 0 amide bonds. The van der Waals surface area contributed by atoms with Crippen molar-refractivity contribution in [1.82, 2.24) is 30.2 Å². The van der Waals surface area contributed by atoms with Crippen molar-refractivity contribution in [3.8, 4) is 10.6 Å². The molecule has 2 atom stereocenters. The van der Waals surface area contributed by atoms with Crippen molar-refractivity contribution in [1.29, 1.82) is 0 Å². The van der Waals surface area contributed by atoms with E-state index in [4.69, 9.17) is 19.7 Å². The van der Waals surface area contributed by atoms with Crippen molar-refractivity contribution in [2.45, 2.75) is 56.7 Å². The van der Waals surface area contributed by atoms with Crippen LogP contribution in [0.1, 0.15) is 50.4 Å². The van der Waals surface area contributed by atoms with E-state index in [2.05, 4.69) is 31.6 Å². The normalized spacial score (nSPS) is 21.7. The number of anilines is 3. The van der Waals surface area contributed by atoms with Gasteiger partial charge in [-0.1, -0.05) is 0 Å². The number of fused-ring (bicyclic) bond motifs is 3. The van der Waals surface area contributed by atoms with Crippen LogP contribution in [0.2, 0.25) is 0 Å². The Morgan fingerprint density at radius 2 is 1.97 bits per heavy atom. The Bertz CT molecular complexity index is 1510. The number of aliphatic hydroxyl groups is 1. The maximum Gasteiger partial charge on any atom is 0.227 e. The van der Waals surface area contributed by atoms with Crippen molar-refractivity contribution in [3.05, 3.63) is 48.0 Å². The number of piperazine rings is 1. The third kappa shape index (κ3) is 4.95. The minimum Gasteiger partial charge on any atom is -0.384 e. The van der Waals surface area contributed by atoms with Crippen molar-refractivity contribution in [2.75, 3.05) is 36.5 Å². The molecule has 4 aromatic heterocycles. The molecule has 202 valence electrons. The second kappa shape index (κ2) is 9.74. The van der Waals surface area contributed by atoms with Gasteiger partial charge in [0.15, 0.2) is 0 Å². The summed E-state index contributed by atoms with van der Waals surface area (Å²) in [7, 11) is 0. The number of pyridine rings is 2. The zero-order valence-corrected chi connectivity index (χ0v) is 22.9. The smallest absolute Gasteiger partial charge is 0.227 e. The molecular formula is C28H32N8O2S. The van der Waals surface area contributed by atoms with E-state index in [-0.39, 0.29) is 0 Å². The molecular weight excluding hydrogens is 512 g/mol. The fourth-order valence-electron chi connectivity index (χ4n) is 5.71. The molecule has 0 radical (unpaired) electrons. The molecule has 11 heteroatoms. The van der Waals surface area contributed by atoms with Crippen LogP contribution < -0.4 is 15.5 Å². The first-order valence-electron chi connectivity index (χ1n) is 13.6. The van der Waals surface area contributed by atoms with Gasteiger partial charge in [-0.3, -0.25) is 4.98 Å². The van der Waals surface area contributed by atoms with E-state index in [1.165, 1.54) is 0 Å². The lowest BCUT2D eigenvalue weighted by atomic mass is 9.96. The van der Waals surface area contributed by atoms with Gasteiger partial charge in [-0.15, -0.1) is 11.3 Å². The zero-order chi connectivity index (χ0) is 26.6. The van der Waals surface area contributed by atoms with E-state index >= 15 is 0 Å². The molecule has 10 nitrogen and oxygen atoms in total. The van der Waals surface area contributed by atoms with Crippen molar-refractivity contribution >= 4 is 39.1 Å². The van der Waals surface area contributed by atoms with Crippen molar-refractivity contribution in [3.63, 3.8) is 0 Å². The summed E-state index contributed by atoms with van der Waals surface area (Å²) in [5.74, 6) is 2.61. The second-order valence-corrected chi connectivity index (χ2v) is 12.2. The molecule has 3 N–H and O–H groups in total. The maximum atomic E-state index is 10.4. The summed E-state index contributed by atoms with van der Waals surface area (Å²) in [6.07, 6.45) is 6.65. The number of nitrogens with zero attached hydrogens (tertiary/aromatic N) is 6. The number of hydrogen-bond acceptors (Lipinski definition) is 11. The van der Waals surface area contributed by atoms with E-state index in [9.17, 15) is 5.11 Å². The van der Waals surface area contributed by atoms with Crippen LogP contribution in [0.4, 0.5) is 17.6 Å². The molecule has 2 bridgehead atoms.